The van der Waals surface area contributed by atoms with Crippen LogP contribution in [0.4, 0.5) is 4.39 Å². The molecule has 2 nitrogen and oxygen atoms in total. The summed E-state index contributed by atoms with van der Waals surface area (Å²) in [5.74, 6) is 0.265. The molecule has 0 aromatic heterocycles. The topological polar surface area (TPSA) is 35.2 Å². The van der Waals surface area contributed by atoms with Crippen molar-refractivity contribution in [2.45, 2.75) is 32.4 Å². The highest BCUT2D eigenvalue weighted by atomic mass is 19.1. The van der Waals surface area contributed by atoms with Crippen LogP contribution >= 0.6 is 0 Å². The van der Waals surface area contributed by atoms with Gasteiger partial charge in [-0.25, -0.2) is 4.39 Å². The highest BCUT2D eigenvalue weighted by Gasteiger charge is 2.06. The Kier molecular flexibility index (Phi) is 5.13. The lowest BCUT2D eigenvalue weighted by atomic mass is 10.0. The van der Waals surface area contributed by atoms with E-state index in [1.807, 2.05) is 43.3 Å². The van der Waals surface area contributed by atoms with Crippen molar-refractivity contribution in [2.24, 2.45) is 5.73 Å². The van der Waals surface area contributed by atoms with E-state index < -0.39 is 0 Å². The maximum absolute atomic E-state index is 13.6. The van der Waals surface area contributed by atoms with Gasteiger partial charge < -0.3 is 10.5 Å². The second-order valence-corrected chi connectivity index (χ2v) is 4.94. The summed E-state index contributed by atoms with van der Waals surface area (Å²) in [4.78, 5) is 0. The third-order valence-electron chi connectivity index (χ3n) is 3.20. The molecule has 0 heterocycles. The molecule has 2 rings (SSSR count). The molecule has 0 radical (unpaired) electrons. The van der Waals surface area contributed by atoms with E-state index in [1.165, 1.54) is 12.1 Å². The van der Waals surface area contributed by atoms with Crippen molar-refractivity contribution >= 4 is 0 Å². The standard InChI is InChI=1S/C17H20FNO/c1-2-16(19)9-14-8-15(18)11-17(10-14)20-12-13-6-4-3-5-7-13/h3-8,10-11,16H,2,9,12,19H2,1H3. The summed E-state index contributed by atoms with van der Waals surface area (Å²) in [6.45, 7) is 2.46. The SMILES string of the molecule is CCC(N)Cc1cc(F)cc(OCc2ccccc2)c1. The number of hydrogen-bond donors (Lipinski definition) is 1. The molecule has 106 valence electrons. The van der Waals surface area contributed by atoms with Crippen molar-refractivity contribution in [1.82, 2.24) is 0 Å². The smallest absolute Gasteiger partial charge is 0.127 e. The van der Waals surface area contributed by atoms with E-state index in [1.54, 1.807) is 0 Å². The lowest BCUT2D eigenvalue weighted by molar-refractivity contribution is 0.304. The Bertz CT molecular complexity index is 542. The molecule has 3 heteroatoms. The van der Waals surface area contributed by atoms with Crippen molar-refractivity contribution in [3.63, 3.8) is 0 Å². The maximum atomic E-state index is 13.6. The Balaban J connectivity index is 2.04. The number of rotatable bonds is 6. The first-order valence-corrected chi connectivity index (χ1v) is 6.89. The Morgan fingerprint density at radius 2 is 1.85 bits per heavy atom. The third kappa shape index (κ3) is 4.35. The fourth-order valence-corrected chi connectivity index (χ4v) is 2.01. The summed E-state index contributed by atoms with van der Waals surface area (Å²) >= 11 is 0. The van der Waals surface area contributed by atoms with Crippen LogP contribution < -0.4 is 10.5 Å². The molecule has 1 unspecified atom stereocenters. The Labute approximate surface area is 119 Å². The number of ether oxygens (including phenoxy) is 1. The summed E-state index contributed by atoms with van der Waals surface area (Å²) in [7, 11) is 0. The highest BCUT2D eigenvalue weighted by Crippen LogP contribution is 2.19. The molecule has 0 bridgehead atoms. The average molecular weight is 273 g/mol. The molecule has 2 N–H and O–H groups in total. The first-order valence-electron chi connectivity index (χ1n) is 6.89. The number of nitrogens with two attached hydrogens (primary N) is 1. The summed E-state index contributed by atoms with van der Waals surface area (Å²) < 4.78 is 19.2. The molecule has 0 amide bonds. The molecule has 0 saturated carbocycles. The van der Waals surface area contributed by atoms with Crippen LogP contribution in [0.3, 0.4) is 0 Å². The second-order valence-electron chi connectivity index (χ2n) is 4.94. The zero-order valence-corrected chi connectivity index (χ0v) is 11.7. The molecular weight excluding hydrogens is 253 g/mol. The normalized spacial score (nSPS) is 12.2. The van der Waals surface area contributed by atoms with E-state index in [0.717, 1.165) is 17.5 Å². The molecule has 0 aliphatic rings. The number of hydrogen-bond acceptors (Lipinski definition) is 2. The van der Waals surface area contributed by atoms with Gasteiger partial charge in [-0.1, -0.05) is 37.3 Å². The molecular formula is C17H20FNO. The molecule has 0 saturated heterocycles. The maximum Gasteiger partial charge on any atom is 0.127 e. The van der Waals surface area contributed by atoms with Gasteiger partial charge in [-0.15, -0.1) is 0 Å². The van der Waals surface area contributed by atoms with Gasteiger partial charge in [0.25, 0.3) is 0 Å². The van der Waals surface area contributed by atoms with E-state index in [0.29, 0.717) is 18.8 Å². The predicted molar refractivity (Wildman–Crippen MR) is 79.1 cm³/mol. The Morgan fingerprint density at radius 1 is 1.10 bits per heavy atom. The minimum absolute atomic E-state index is 0.0544. The first-order chi connectivity index (χ1) is 9.67. The lowest BCUT2D eigenvalue weighted by Gasteiger charge is -2.11. The van der Waals surface area contributed by atoms with Gasteiger partial charge in [-0.3, -0.25) is 0 Å². The van der Waals surface area contributed by atoms with E-state index in [9.17, 15) is 4.39 Å². The summed E-state index contributed by atoms with van der Waals surface area (Å²) in [5, 5.41) is 0. The van der Waals surface area contributed by atoms with Crippen LogP contribution in [0.25, 0.3) is 0 Å². The molecule has 20 heavy (non-hydrogen) atoms. The highest BCUT2D eigenvalue weighted by molar-refractivity contribution is 5.30. The lowest BCUT2D eigenvalue weighted by Crippen LogP contribution is -2.21. The molecule has 0 aliphatic carbocycles. The van der Waals surface area contributed by atoms with Gasteiger partial charge in [-0.2, -0.15) is 0 Å². The van der Waals surface area contributed by atoms with Crippen molar-refractivity contribution in [3.05, 3.63) is 65.5 Å². The van der Waals surface area contributed by atoms with Gasteiger partial charge in [0.1, 0.15) is 18.2 Å². The van der Waals surface area contributed by atoms with E-state index in [2.05, 4.69) is 0 Å². The fourth-order valence-electron chi connectivity index (χ4n) is 2.01. The quantitative estimate of drug-likeness (QED) is 0.871. The van der Waals surface area contributed by atoms with Crippen molar-refractivity contribution < 1.29 is 9.13 Å². The largest absolute Gasteiger partial charge is 0.489 e. The molecule has 0 aliphatic heterocycles. The zero-order chi connectivity index (χ0) is 14.4. The average Bonchev–Trinajstić information content (AvgIpc) is 2.45. The van der Waals surface area contributed by atoms with Crippen LogP contribution in [0.2, 0.25) is 0 Å². The molecule has 2 aromatic rings. The summed E-state index contributed by atoms with van der Waals surface area (Å²) in [5.41, 5.74) is 7.84. The van der Waals surface area contributed by atoms with Gasteiger partial charge in [0.2, 0.25) is 0 Å². The van der Waals surface area contributed by atoms with Crippen LogP contribution in [0.1, 0.15) is 24.5 Å². The molecule has 2 aromatic carbocycles. The van der Waals surface area contributed by atoms with Crippen molar-refractivity contribution in [3.8, 4) is 5.75 Å². The predicted octanol–water partition coefficient (Wildman–Crippen LogP) is 3.68. The molecule has 0 fully saturated rings. The minimum Gasteiger partial charge on any atom is -0.489 e. The van der Waals surface area contributed by atoms with Gasteiger partial charge in [0.05, 0.1) is 0 Å². The van der Waals surface area contributed by atoms with Crippen LogP contribution in [-0.4, -0.2) is 6.04 Å². The van der Waals surface area contributed by atoms with Crippen molar-refractivity contribution in [1.29, 1.82) is 0 Å². The van der Waals surface area contributed by atoms with Crippen LogP contribution in [0.5, 0.6) is 5.75 Å². The third-order valence-corrected chi connectivity index (χ3v) is 3.20. The number of benzene rings is 2. The summed E-state index contributed by atoms with van der Waals surface area (Å²) in [6, 6.07) is 14.7. The van der Waals surface area contributed by atoms with Crippen LogP contribution in [-0.2, 0) is 13.0 Å². The first kappa shape index (κ1) is 14.5. The van der Waals surface area contributed by atoms with Gasteiger partial charge in [0.15, 0.2) is 0 Å². The Hall–Kier alpha value is -1.87. The number of halogens is 1. The zero-order valence-electron chi connectivity index (χ0n) is 11.7. The van der Waals surface area contributed by atoms with Gasteiger partial charge in [-0.05, 0) is 36.1 Å². The van der Waals surface area contributed by atoms with E-state index in [-0.39, 0.29) is 11.9 Å². The molecule has 1 atom stereocenters. The second kappa shape index (κ2) is 7.06. The van der Waals surface area contributed by atoms with Gasteiger partial charge >= 0.3 is 0 Å². The molecule has 0 spiro atoms. The van der Waals surface area contributed by atoms with Gasteiger partial charge in [0, 0.05) is 12.1 Å². The van der Waals surface area contributed by atoms with Crippen LogP contribution in [0.15, 0.2) is 48.5 Å². The van der Waals surface area contributed by atoms with Crippen LogP contribution in [0, 0.1) is 5.82 Å². The minimum atomic E-state index is -0.283. The van der Waals surface area contributed by atoms with E-state index >= 15 is 0 Å². The summed E-state index contributed by atoms with van der Waals surface area (Å²) in [6.07, 6.45) is 1.53. The van der Waals surface area contributed by atoms with E-state index in [4.69, 9.17) is 10.5 Å². The fraction of sp³-hybridized carbons (Fsp3) is 0.294. The monoisotopic (exact) mass is 273 g/mol. The van der Waals surface area contributed by atoms with Crippen molar-refractivity contribution in [2.75, 3.05) is 0 Å². The Morgan fingerprint density at radius 3 is 2.55 bits per heavy atom.